The van der Waals surface area contributed by atoms with Gasteiger partial charge in [-0.2, -0.15) is 0 Å². The van der Waals surface area contributed by atoms with Crippen molar-refractivity contribution < 1.29 is 18.7 Å². The molecular formula is C44H68F2N4O2. The molecule has 0 aliphatic carbocycles. The predicted molar refractivity (Wildman–Crippen MR) is 220 cm³/mol. The number of benzene rings is 2. The smallest absolute Gasteiger partial charge is 0.242 e. The number of nitrogens with one attached hydrogen (secondary N) is 3. The molecule has 4 N–H and O–H groups in total. The van der Waals surface area contributed by atoms with Gasteiger partial charge in [-0.3, -0.25) is 4.79 Å². The molecule has 290 valence electrons. The zero-order valence-corrected chi connectivity index (χ0v) is 32.9. The maximum absolute atomic E-state index is 13.1. The van der Waals surface area contributed by atoms with E-state index in [2.05, 4.69) is 118 Å². The van der Waals surface area contributed by atoms with E-state index in [1.54, 1.807) is 6.92 Å². The van der Waals surface area contributed by atoms with Crippen molar-refractivity contribution in [3.63, 3.8) is 0 Å². The highest BCUT2D eigenvalue weighted by molar-refractivity contribution is 5.82. The van der Waals surface area contributed by atoms with Crippen LogP contribution in [-0.2, 0) is 11.2 Å². The largest absolute Gasteiger partial charge is 0.396 e. The number of unbranched alkanes of at least 4 members (excludes halogenated alkanes) is 1. The third-order valence-electron chi connectivity index (χ3n) is 7.07. The zero-order valence-electron chi connectivity index (χ0n) is 32.9. The van der Waals surface area contributed by atoms with Crippen molar-refractivity contribution >= 4 is 5.91 Å². The fourth-order valence-electron chi connectivity index (χ4n) is 4.50. The first-order valence-corrected chi connectivity index (χ1v) is 18.0. The summed E-state index contributed by atoms with van der Waals surface area (Å²) in [4.78, 5) is 15.3. The Morgan fingerprint density at radius 3 is 1.88 bits per heavy atom. The first-order valence-electron chi connectivity index (χ1n) is 18.0. The number of aliphatic hydroxyl groups is 1. The van der Waals surface area contributed by atoms with Gasteiger partial charge in [-0.25, -0.2) is 8.78 Å². The van der Waals surface area contributed by atoms with Gasteiger partial charge in [-0.15, -0.1) is 38.5 Å². The molecular weight excluding hydrogens is 655 g/mol. The van der Waals surface area contributed by atoms with Gasteiger partial charge >= 0.3 is 0 Å². The number of carbonyl (C=O) groups is 1. The van der Waals surface area contributed by atoms with Crippen molar-refractivity contribution in [2.75, 3.05) is 32.8 Å². The summed E-state index contributed by atoms with van der Waals surface area (Å²) >= 11 is 0. The molecule has 1 amide bonds. The highest BCUT2D eigenvalue weighted by Gasteiger charge is 2.34. The van der Waals surface area contributed by atoms with Crippen molar-refractivity contribution in [2.24, 2.45) is 0 Å². The van der Waals surface area contributed by atoms with Gasteiger partial charge < -0.3 is 26.0 Å². The Kier molecular flexibility index (Phi) is 40.9. The lowest BCUT2D eigenvalue weighted by Gasteiger charge is -2.31. The summed E-state index contributed by atoms with van der Waals surface area (Å²) in [6.45, 7) is 24.1. The first-order chi connectivity index (χ1) is 25.0. The quantitative estimate of drug-likeness (QED) is 0.110. The van der Waals surface area contributed by atoms with E-state index < -0.39 is 11.6 Å². The molecule has 3 rings (SSSR count). The van der Waals surface area contributed by atoms with E-state index in [4.69, 9.17) is 5.11 Å². The van der Waals surface area contributed by atoms with E-state index in [9.17, 15) is 13.6 Å². The molecule has 0 saturated carbocycles. The van der Waals surface area contributed by atoms with Crippen molar-refractivity contribution in [3.8, 4) is 38.5 Å². The highest BCUT2D eigenvalue weighted by Crippen LogP contribution is 2.26. The van der Waals surface area contributed by atoms with Gasteiger partial charge in [0.1, 0.15) is 17.7 Å². The van der Waals surface area contributed by atoms with Gasteiger partial charge in [0.15, 0.2) is 0 Å². The highest BCUT2D eigenvalue weighted by atomic mass is 19.1. The van der Waals surface area contributed by atoms with Gasteiger partial charge in [0, 0.05) is 37.2 Å². The maximum atomic E-state index is 13.1. The average molecular weight is 723 g/mol. The summed E-state index contributed by atoms with van der Waals surface area (Å²) in [7, 11) is 0. The number of carbonyl (C=O) groups excluding carboxylic acids is 1. The molecule has 1 aliphatic heterocycles. The van der Waals surface area contributed by atoms with E-state index >= 15 is 0 Å². The third-order valence-corrected chi connectivity index (χ3v) is 7.07. The molecule has 0 unspecified atom stereocenters. The molecule has 2 aromatic rings. The van der Waals surface area contributed by atoms with E-state index in [0.29, 0.717) is 18.7 Å². The first kappa shape index (κ1) is 54.2. The number of likely N-dealkylation sites (tertiary alicyclic amines) is 1. The van der Waals surface area contributed by atoms with Crippen molar-refractivity contribution in [3.05, 3.63) is 95.8 Å². The molecule has 1 fully saturated rings. The predicted octanol–water partition coefficient (Wildman–Crippen LogP) is 8.42. The van der Waals surface area contributed by atoms with Crippen LogP contribution in [0.25, 0.3) is 0 Å². The number of terminal acetylenes is 3. The number of hydrogen-bond donors (Lipinski definition) is 4. The van der Waals surface area contributed by atoms with Crippen LogP contribution < -0.4 is 16.0 Å². The topological polar surface area (TPSA) is 76.6 Å². The normalized spacial score (nSPS) is 12.6. The van der Waals surface area contributed by atoms with Gasteiger partial charge in [0.2, 0.25) is 5.91 Å². The Balaban J connectivity index is -0.000000408. The number of rotatable bonds is 15. The molecule has 52 heavy (non-hydrogen) atoms. The maximum Gasteiger partial charge on any atom is 0.242 e. The molecule has 2 aromatic carbocycles. The Morgan fingerprint density at radius 2 is 1.44 bits per heavy atom. The SMILES string of the molecule is C#C.C#C.C#C.C=C(C)N[C@@H]1CCN([C@@H](CCc2ccccc2)C(=O)NCCCNCCC)C1=C.CCCC.CCCO.Cc1cc(F)cc(F)c1. The summed E-state index contributed by atoms with van der Waals surface area (Å²) in [5.41, 5.74) is 3.79. The van der Waals surface area contributed by atoms with Gasteiger partial charge in [-0.1, -0.05) is 84.0 Å². The number of amides is 1. The summed E-state index contributed by atoms with van der Waals surface area (Å²) < 4.78 is 24.4. The standard InChI is InChI=1S/C24H38N4O.C7H6F2.C4H10.C3H8O.3C2H2/c1-5-15-25-16-9-17-26-24(29)23(13-12-21-10-7-6-8-11-21)28-18-14-22(20(28)4)27-19(2)3;1-5-2-6(8)4-7(9)3-5;1-3-4-2;1-2-3-4;3*1-2/h6-8,10-11,22-23,25,27H,2,4-5,9,12-18H2,1,3H3,(H,26,29);2-4H,1H3;3-4H2,1-2H3;4H,2-3H2,1H3;3*1-2H/t22-,23+;;;;;;/m1....../s1. The van der Waals surface area contributed by atoms with Crippen LogP contribution in [0.5, 0.6) is 0 Å². The second-order valence-corrected chi connectivity index (χ2v) is 11.6. The zero-order chi connectivity index (χ0) is 40.7. The van der Waals surface area contributed by atoms with Gasteiger partial charge in [0.05, 0.1) is 6.04 Å². The molecule has 0 bridgehead atoms. The van der Waals surface area contributed by atoms with Crippen LogP contribution in [0.1, 0.15) is 90.7 Å². The van der Waals surface area contributed by atoms with Gasteiger partial charge in [0.25, 0.3) is 0 Å². The Bertz CT molecular complexity index is 1150. The second-order valence-electron chi connectivity index (χ2n) is 11.6. The number of nitrogens with zero attached hydrogens (tertiary/aromatic N) is 1. The molecule has 0 spiro atoms. The van der Waals surface area contributed by atoms with Crippen molar-refractivity contribution in [1.29, 1.82) is 0 Å². The van der Waals surface area contributed by atoms with Crippen LogP contribution in [0.3, 0.4) is 0 Å². The van der Waals surface area contributed by atoms with Crippen molar-refractivity contribution in [1.82, 2.24) is 20.9 Å². The monoisotopic (exact) mass is 723 g/mol. The Hall–Kier alpha value is -4.55. The molecule has 1 heterocycles. The van der Waals surface area contributed by atoms with Crippen LogP contribution in [0, 0.1) is 57.1 Å². The third kappa shape index (κ3) is 29.2. The minimum Gasteiger partial charge on any atom is -0.396 e. The van der Waals surface area contributed by atoms with Crippen LogP contribution in [0.4, 0.5) is 8.78 Å². The van der Waals surface area contributed by atoms with E-state index in [0.717, 1.165) is 75.6 Å². The summed E-state index contributed by atoms with van der Waals surface area (Å²) in [6.07, 6.45) is 32.2. The fraction of sp³-hybridized carbons (Fsp3) is 0.477. The number of halogens is 2. The van der Waals surface area contributed by atoms with Crippen LogP contribution in [0.2, 0.25) is 0 Å². The van der Waals surface area contributed by atoms with Crippen LogP contribution in [-0.4, -0.2) is 60.8 Å². The summed E-state index contributed by atoms with van der Waals surface area (Å²) in [5.74, 6) is -0.937. The Labute approximate surface area is 317 Å². The fourth-order valence-corrected chi connectivity index (χ4v) is 4.50. The number of hydrogen-bond acceptors (Lipinski definition) is 5. The molecule has 0 radical (unpaired) electrons. The molecule has 1 saturated heterocycles. The average Bonchev–Trinajstić information content (AvgIpc) is 3.50. The van der Waals surface area contributed by atoms with E-state index in [-0.39, 0.29) is 18.0 Å². The minimum absolute atomic E-state index is 0.105. The van der Waals surface area contributed by atoms with E-state index in [1.165, 1.54) is 30.5 Å². The lowest BCUT2D eigenvalue weighted by atomic mass is 10.0. The minimum atomic E-state index is -0.521. The number of aryl methyl sites for hydroxylation is 2. The molecule has 8 heteroatoms. The Morgan fingerprint density at radius 1 is 0.904 bits per heavy atom. The summed E-state index contributed by atoms with van der Waals surface area (Å²) in [5, 5.41) is 17.8. The van der Waals surface area contributed by atoms with Crippen LogP contribution >= 0.6 is 0 Å². The number of aliphatic hydroxyl groups excluding tert-OH is 1. The van der Waals surface area contributed by atoms with Gasteiger partial charge in [-0.05, 0) is 88.7 Å². The molecule has 2 atom stereocenters. The molecule has 0 aromatic heterocycles. The molecule has 1 aliphatic rings. The van der Waals surface area contributed by atoms with Crippen LogP contribution in [0.15, 0.2) is 73.1 Å². The lowest BCUT2D eigenvalue weighted by Crippen LogP contribution is -2.46. The number of allylic oxidation sites excluding steroid dienone is 1. The lowest BCUT2D eigenvalue weighted by molar-refractivity contribution is -0.125. The molecule has 6 nitrogen and oxygen atoms in total. The second kappa shape index (κ2) is 39.2. The van der Waals surface area contributed by atoms with E-state index in [1.807, 2.05) is 19.9 Å². The summed E-state index contributed by atoms with van der Waals surface area (Å²) in [6, 6.07) is 13.8. The van der Waals surface area contributed by atoms with Crippen molar-refractivity contribution in [2.45, 2.75) is 105 Å².